The van der Waals surface area contributed by atoms with Crippen LogP contribution in [0.5, 0.6) is 0 Å². The zero-order valence-corrected chi connectivity index (χ0v) is 15.9. The monoisotopic (exact) mass is 404 g/mol. The van der Waals surface area contributed by atoms with Crippen LogP contribution in [0.1, 0.15) is 22.3 Å². The van der Waals surface area contributed by atoms with E-state index >= 15 is 0 Å². The van der Waals surface area contributed by atoms with E-state index in [4.69, 9.17) is 4.74 Å². The predicted octanol–water partition coefficient (Wildman–Crippen LogP) is 3.87. The number of hydrogen-bond donors (Lipinski definition) is 1. The van der Waals surface area contributed by atoms with Gasteiger partial charge in [0.1, 0.15) is 0 Å². The lowest BCUT2D eigenvalue weighted by atomic mass is 10.1. The zero-order valence-electron chi connectivity index (χ0n) is 15.9. The van der Waals surface area contributed by atoms with Gasteiger partial charge in [-0.1, -0.05) is 36.4 Å². The lowest BCUT2D eigenvalue weighted by molar-refractivity contribution is -0.137. The minimum Gasteiger partial charge on any atom is -0.379 e. The maximum Gasteiger partial charge on any atom is 0.416 e. The third kappa shape index (κ3) is 6.73. The molecule has 0 aliphatic carbocycles. The van der Waals surface area contributed by atoms with Crippen molar-refractivity contribution in [3.63, 3.8) is 0 Å². The van der Waals surface area contributed by atoms with Crippen molar-refractivity contribution in [2.45, 2.75) is 19.3 Å². The Bertz CT molecular complexity index is 859. The van der Waals surface area contributed by atoms with Crippen molar-refractivity contribution in [2.75, 3.05) is 26.3 Å². The summed E-state index contributed by atoms with van der Waals surface area (Å²) in [5.41, 5.74) is 1.72. The van der Waals surface area contributed by atoms with Gasteiger partial charge in [0.05, 0.1) is 18.8 Å². The van der Waals surface area contributed by atoms with Crippen molar-refractivity contribution in [3.05, 3.63) is 76.9 Å². The number of nitrogens with one attached hydrogen (secondary N) is 1. The normalized spacial score (nSPS) is 15.6. The summed E-state index contributed by atoms with van der Waals surface area (Å²) in [6, 6.07) is 12.8. The Morgan fingerprint density at radius 3 is 2.55 bits per heavy atom. The zero-order chi connectivity index (χ0) is 20.7. The van der Waals surface area contributed by atoms with Crippen molar-refractivity contribution < 1.29 is 22.7 Å². The molecule has 1 aliphatic heterocycles. The number of carbonyl (C=O) groups excluding carboxylic acids is 1. The summed E-state index contributed by atoms with van der Waals surface area (Å²) in [6.45, 7) is 4.48. The molecule has 154 valence electrons. The van der Waals surface area contributed by atoms with Gasteiger partial charge in [0.2, 0.25) is 5.91 Å². The van der Waals surface area contributed by atoms with Crippen molar-refractivity contribution in [3.8, 4) is 0 Å². The molecule has 1 fully saturated rings. The number of carbonyl (C=O) groups is 1. The molecule has 7 heteroatoms. The highest BCUT2D eigenvalue weighted by atomic mass is 19.4. The molecule has 1 amide bonds. The van der Waals surface area contributed by atoms with Crippen molar-refractivity contribution in [2.24, 2.45) is 0 Å². The van der Waals surface area contributed by atoms with E-state index < -0.39 is 11.7 Å². The van der Waals surface area contributed by atoms with Crippen LogP contribution in [0.15, 0.2) is 54.6 Å². The number of ether oxygens (including phenoxy) is 1. The van der Waals surface area contributed by atoms with Crippen LogP contribution in [-0.2, 0) is 28.8 Å². The molecule has 0 atom stereocenters. The molecule has 0 spiro atoms. The second kappa shape index (κ2) is 9.71. The van der Waals surface area contributed by atoms with Gasteiger partial charge < -0.3 is 10.1 Å². The van der Waals surface area contributed by atoms with Gasteiger partial charge in [-0.15, -0.1) is 0 Å². The molecule has 2 aromatic carbocycles. The van der Waals surface area contributed by atoms with Gasteiger partial charge in [0.15, 0.2) is 0 Å². The second-order valence-electron chi connectivity index (χ2n) is 6.88. The van der Waals surface area contributed by atoms with Gasteiger partial charge in [-0.3, -0.25) is 9.69 Å². The van der Waals surface area contributed by atoms with E-state index in [0.717, 1.165) is 56.1 Å². The highest BCUT2D eigenvalue weighted by molar-refractivity contribution is 5.91. The van der Waals surface area contributed by atoms with Gasteiger partial charge in [0, 0.05) is 32.3 Å². The molecule has 0 bridgehead atoms. The average Bonchev–Trinajstić information content (AvgIpc) is 2.71. The lowest BCUT2D eigenvalue weighted by Crippen LogP contribution is -2.35. The van der Waals surface area contributed by atoms with Crippen LogP contribution in [0.25, 0.3) is 6.08 Å². The van der Waals surface area contributed by atoms with Crippen LogP contribution in [0.3, 0.4) is 0 Å². The smallest absolute Gasteiger partial charge is 0.379 e. The van der Waals surface area contributed by atoms with E-state index in [0.29, 0.717) is 12.1 Å². The first-order chi connectivity index (χ1) is 13.9. The van der Waals surface area contributed by atoms with Crippen LogP contribution >= 0.6 is 0 Å². The Hall–Kier alpha value is -2.64. The molecule has 29 heavy (non-hydrogen) atoms. The van der Waals surface area contributed by atoms with E-state index in [2.05, 4.69) is 10.2 Å². The van der Waals surface area contributed by atoms with Crippen LogP contribution in [-0.4, -0.2) is 37.1 Å². The number of nitrogens with zero attached hydrogens (tertiary/aromatic N) is 1. The van der Waals surface area contributed by atoms with Gasteiger partial charge in [-0.2, -0.15) is 13.2 Å². The first-order valence-electron chi connectivity index (χ1n) is 9.41. The maximum atomic E-state index is 12.7. The largest absolute Gasteiger partial charge is 0.416 e. The summed E-state index contributed by atoms with van der Waals surface area (Å²) in [5.74, 6) is -0.360. The fraction of sp³-hybridized carbons (Fsp3) is 0.318. The molecule has 3 rings (SSSR count). The van der Waals surface area contributed by atoms with E-state index in [9.17, 15) is 18.0 Å². The Kier molecular flexibility index (Phi) is 7.06. The third-order valence-electron chi connectivity index (χ3n) is 4.61. The standard InChI is InChI=1S/C22H23F3N2O2/c23-22(24,25)20-6-2-3-17(14-20)7-8-21(28)26-15-18-4-1-5-19(13-18)16-27-9-11-29-12-10-27/h1-8,13-14H,9-12,15-16H2,(H,26,28). The molecule has 0 aromatic heterocycles. The number of hydrogen-bond acceptors (Lipinski definition) is 3. The number of amides is 1. The second-order valence-corrected chi connectivity index (χ2v) is 6.88. The van der Waals surface area contributed by atoms with Gasteiger partial charge >= 0.3 is 6.18 Å². The predicted molar refractivity (Wildman–Crippen MR) is 105 cm³/mol. The lowest BCUT2D eigenvalue weighted by Gasteiger charge is -2.26. The van der Waals surface area contributed by atoms with E-state index in [1.54, 1.807) is 0 Å². The maximum absolute atomic E-state index is 12.7. The summed E-state index contributed by atoms with van der Waals surface area (Å²) < 4.78 is 43.6. The summed E-state index contributed by atoms with van der Waals surface area (Å²) >= 11 is 0. The van der Waals surface area contributed by atoms with Crippen molar-refractivity contribution >= 4 is 12.0 Å². The van der Waals surface area contributed by atoms with Crippen molar-refractivity contribution in [1.29, 1.82) is 0 Å². The van der Waals surface area contributed by atoms with Crippen LogP contribution < -0.4 is 5.32 Å². The Balaban J connectivity index is 1.53. The number of alkyl halides is 3. The third-order valence-corrected chi connectivity index (χ3v) is 4.61. The first-order valence-corrected chi connectivity index (χ1v) is 9.41. The molecule has 0 radical (unpaired) electrons. The van der Waals surface area contributed by atoms with E-state index in [1.807, 2.05) is 24.3 Å². The minimum absolute atomic E-state index is 0.322. The molecule has 1 aliphatic rings. The number of halogens is 3. The molecule has 1 saturated heterocycles. The SMILES string of the molecule is O=C(C=Cc1cccc(C(F)(F)F)c1)NCc1cccc(CN2CCOCC2)c1. The van der Waals surface area contributed by atoms with Gasteiger partial charge in [-0.25, -0.2) is 0 Å². The van der Waals surface area contributed by atoms with E-state index in [-0.39, 0.29) is 5.91 Å². The Morgan fingerprint density at radius 2 is 1.79 bits per heavy atom. The summed E-state index contributed by atoms with van der Waals surface area (Å²) in [4.78, 5) is 14.3. The average molecular weight is 404 g/mol. The number of rotatable bonds is 6. The number of benzene rings is 2. The molecule has 0 unspecified atom stereocenters. The Labute approximate surface area is 168 Å². The Morgan fingerprint density at radius 1 is 1.07 bits per heavy atom. The summed E-state index contributed by atoms with van der Waals surface area (Å²) in [5, 5.41) is 2.76. The highest BCUT2D eigenvalue weighted by Crippen LogP contribution is 2.29. The van der Waals surface area contributed by atoms with Crippen molar-refractivity contribution in [1.82, 2.24) is 10.2 Å². The highest BCUT2D eigenvalue weighted by Gasteiger charge is 2.30. The molecule has 1 heterocycles. The topological polar surface area (TPSA) is 41.6 Å². The first kappa shape index (κ1) is 21.1. The van der Waals surface area contributed by atoms with Gasteiger partial charge in [-0.05, 0) is 34.9 Å². The minimum atomic E-state index is -4.40. The summed E-state index contributed by atoms with van der Waals surface area (Å²) in [7, 11) is 0. The van der Waals surface area contributed by atoms with Gasteiger partial charge in [0.25, 0.3) is 0 Å². The number of morpholine rings is 1. The van der Waals surface area contributed by atoms with E-state index in [1.165, 1.54) is 24.3 Å². The van der Waals surface area contributed by atoms with Crippen LogP contribution in [0.2, 0.25) is 0 Å². The fourth-order valence-electron chi connectivity index (χ4n) is 3.09. The molecule has 1 N–H and O–H groups in total. The molecular weight excluding hydrogens is 381 g/mol. The van der Waals surface area contributed by atoms with Crippen LogP contribution in [0.4, 0.5) is 13.2 Å². The molecular formula is C22H23F3N2O2. The molecule has 2 aromatic rings. The molecule has 4 nitrogen and oxygen atoms in total. The van der Waals surface area contributed by atoms with Crippen LogP contribution in [0, 0.1) is 0 Å². The quantitative estimate of drug-likeness (QED) is 0.744. The fourth-order valence-corrected chi connectivity index (χ4v) is 3.09. The molecule has 0 saturated carbocycles. The summed E-state index contributed by atoms with van der Waals surface area (Å²) in [6.07, 6.45) is -1.79.